The van der Waals surface area contributed by atoms with Gasteiger partial charge < -0.3 is 4.74 Å². The second-order valence-corrected chi connectivity index (χ2v) is 6.80. The van der Waals surface area contributed by atoms with E-state index in [0.717, 1.165) is 36.8 Å². The van der Waals surface area contributed by atoms with E-state index in [2.05, 4.69) is 4.98 Å². The molecule has 1 heterocycles. The minimum atomic E-state index is -3.87. The molecule has 0 radical (unpaired) electrons. The summed E-state index contributed by atoms with van der Waals surface area (Å²) in [7, 11) is -3.87. The van der Waals surface area contributed by atoms with Crippen molar-refractivity contribution in [1.29, 1.82) is 0 Å². The number of sulfone groups is 1. The summed E-state index contributed by atoms with van der Waals surface area (Å²) >= 11 is 0. The molecule has 0 amide bonds. The van der Waals surface area contributed by atoms with Crippen molar-refractivity contribution in [2.24, 2.45) is 0 Å². The summed E-state index contributed by atoms with van der Waals surface area (Å²) in [4.78, 5) is 25.1. The summed E-state index contributed by atoms with van der Waals surface area (Å²) in [6, 6.07) is 2.69. The van der Waals surface area contributed by atoms with E-state index in [0.29, 0.717) is 4.57 Å². The van der Waals surface area contributed by atoms with Crippen LogP contribution in [0.4, 0.5) is 14.5 Å². The molecule has 0 aliphatic heterocycles. The summed E-state index contributed by atoms with van der Waals surface area (Å²) in [6.45, 7) is -3.45. The molecule has 0 atom stereocenters. The van der Waals surface area contributed by atoms with Crippen LogP contribution in [0, 0.1) is 10.1 Å². The van der Waals surface area contributed by atoms with Crippen LogP contribution in [0.5, 0.6) is 0 Å². The average Bonchev–Trinajstić information content (AvgIpc) is 2.99. The number of carbonyl (C=O) groups excluding carboxylic acids is 1. The molecular formula is C13H11F2N3O6S. The van der Waals surface area contributed by atoms with Crippen molar-refractivity contribution >= 4 is 21.5 Å². The number of imidazole rings is 1. The van der Waals surface area contributed by atoms with Gasteiger partial charge in [-0.25, -0.2) is 18.2 Å². The van der Waals surface area contributed by atoms with Crippen molar-refractivity contribution in [2.75, 3.05) is 6.26 Å². The molecule has 9 nitrogen and oxygen atoms in total. The number of alkyl halides is 2. The van der Waals surface area contributed by atoms with E-state index in [1.165, 1.54) is 0 Å². The number of rotatable bonds is 6. The normalized spacial score (nSPS) is 11.5. The molecule has 0 bridgehead atoms. The van der Waals surface area contributed by atoms with Gasteiger partial charge in [-0.1, -0.05) is 0 Å². The lowest BCUT2D eigenvalue weighted by Crippen LogP contribution is -2.11. The largest absolute Gasteiger partial charge is 0.454 e. The predicted molar refractivity (Wildman–Crippen MR) is 78.8 cm³/mol. The second-order valence-electron chi connectivity index (χ2n) is 4.82. The fourth-order valence-electron chi connectivity index (χ4n) is 1.95. The highest BCUT2D eigenvalue weighted by Gasteiger charge is 2.24. The first kappa shape index (κ1) is 18.4. The number of nitro benzene ring substituents is 1. The van der Waals surface area contributed by atoms with E-state index in [1.807, 2.05) is 0 Å². The van der Waals surface area contributed by atoms with Crippen LogP contribution in [-0.4, -0.2) is 35.1 Å². The van der Waals surface area contributed by atoms with Gasteiger partial charge >= 0.3 is 12.5 Å². The Bertz CT molecular complexity index is 926. The molecule has 0 N–H and O–H groups in total. The lowest BCUT2D eigenvalue weighted by atomic mass is 10.2. The highest BCUT2D eigenvalue weighted by atomic mass is 32.2. The van der Waals surface area contributed by atoms with E-state index in [4.69, 9.17) is 4.74 Å². The first-order valence-corrected chi connectivity index (χ1v) is 8.46. The minimum absolute atomic E-state index is 0.217. The standard InChI is InChI=1S/C13H11F2N3O6S/c1-25(22,23)10-3-2-8(6-9(10)18(20)21)12(19)24-7-11-16-4-5-17(11)13(14)15/h2-6,13H,7H2,1H3. The molecule has 2 rings (SSSR count). The van der Waals surface area contributed by atoms with Crippen LogP contribution < -0.4 is 0 Å². The topological polar surface area (TPSA) is 121 Å². The van der Waals surface area contributed by atoms with Gasteiger partial charge in [-0.3, -0.25) is 14.7 Å². The van der Waals surface area contributed by atoms with Gasteiger partial charge in [-0.05, 0) is 12.1 Å². The molecule has 0 saturated heterocycles. The zero-order valence-electron chi connectivity index (χ0n) is 12.6. The van der Waals surface area contributed by atoms with Gasteiger partial charge in [0.25, 0.3) is 5.69 Å². The molecule has 0 unspecified atom stereocenters. The third-order valence-electron chi connectivity index (χ3n) is 3.08. The summed E-state index contributed by atoms with van der Waals surface area (Å²) in [6.07, 6.45) is 2.89. The maximum atomic E-state index is 12.7. The number of ether oxygens (including phenoxy) is 1. The van der Waals surface area contributed by atoms with Gasteiger partial charge in [0.1, 0.15) is 11.5 Å². The Morgan fingerprint density at radius 1 is 1.44 bits per heavy atom. The third kappa shape index (κ3) is 4.15. The van der Waals surface area contributed by atoms with Gasteiger partial charge in [-0.15, -0.1) is 0 Å². The van der Waals surface area contributed by atoms with Crippen molar-refractivity contribution in [2.45, 2.75) is 18.1 Å². The molecule has 1 aromatic heterocycles. The van der Waals surface area contributed by atoms with E-state index in [9.17, 15) is 32.1 Å². The number of hydrogen-bond acceptors (Lipinski definition) is 7. The average molecular weight is 375 g/mol. The van der Waals surface area contributed by atoms with Crippen molar-refractivity contribution < 1.29 is 31.7 Å². The Kier molecular flexibility index (Phi) is 5.11. The number of nitrogens with zero attached hydrogens (tertiary/aromatic N) is 3. The maximum absolute atomic E-state index is 12.7. The predicted octanol–water partition coefficient (Wildman–Crippen LogP) is 1.95. The van der Waals surface area contributed by atoms with Crippen molar-refractivity contribution in [3.8, 4) is 0 Å². The first-order valence-electron chi connectivity index (χ1n) is 6.56. The molecule has 0 saturated carbocycles. The fourth-order valence-corrected chi connectivity index (χ4v) is 2.78. The van der Waals surface area contributed by atoms with Crippen molar-refractivity contribution in [1.82, 2.24) is 9.55 Å². The van der Waals surface area contributed by atoms with E-state index in [1.54, 1.807) is 0 Å². The summed E-state index contributed by atoms with van der Waals surface area (Å²) in [5.41, 5.74) is -1.08. The number of esters is 1. The van der Waals surface area contributed by atoms with Gasteiger partial charge in [0.15, 0.2) is 15.7 Å². The number of benzene rings is 1. The van der Waals surface area contributed by atoms with Gasteiger partial charge in [0.05, 0.1) is 10.5 Å². The molecule has 2 aromatic rings. The summed E-state index contributed by atoms with van der Waals surface area (Å²) in [5, 5.41) is 11.0. The van der Waals surface area contributed by atoms with Crippen LogP contribution in [0.3, 0.4) is 0 Å². The number of nitro groups is 1. The van der Waals surface area contributed by atoms with Crippen LogP contribution in [0.1, 0.15) is 22.7 Å². The minimum Gasteiger partial charge on any atom is -0.454 e. The Morgan fingerprint density at radius 2 is 2.12 bits per heavy atom. The molecule has 0 aliphatic rings. The Hall–Kier alpha value is -2.89. The highest BCUT2D eigenvalue weighted by molar-refractivity contribution is 7.90. The highest BCUT2D eigenvalue weighted by Crippen LogP contribution is 2.25. The number of aromatic nitrogens is 2. The lowest BCUT2D eigenvalue weighted by Gasteiger charge is -2.08. The molecule has 0 fully saturated rings. The van der Waals surface area contributed by atoms with Gasteiger partial charge in [0, 0.05) is 24.7 Å². The van der Waals surface area contributed by atoms with E-state index >= 15 is 0 Å². The van der Waals surface area contributed by atoms with E-state index in [-0.39, 0.29) is 11.4 Å². The van der Waals surface area contributed by atoms with E-state index < -0.39 is 44.5 Å². The smallest absolute Gasteiger partial charge is 0.338 e. The molecule has 0 spiro atoms. The number of hydrogen-bond donors (Lipinski definition) is 0. The Labute approximate surface area is 139 Å². The zero-order valence-corrected chi connectivity index (χ0v) is 13.4. The number of halogens is 2. The zero-order chi connectivity index (χ0) is 18.8. The number of carbonyl (C=O) groups is 1. The van der Waals surface area contributed by atoms with Gasteiger partial charge in [0.2, 0.25) is 0 Å². The third-order valence-corrected chi connectivity index (χ3v) is 4.23. The van der Waals surface area contributed by atoms with Crippen LogP contribution in [0.15, 0.2) is 35.5 Å². The second kappa shape index (κ2) is 6.93. The maximum Gasteiger partial charge on any atom is 0.338 e. The Balaban J connectivity index is 2.24. The lowest BCUT2D eigenvalue weighted by molar-refractivity contribution is -0.387. The van der Waals surface area contributed by atoms with Crippen LogP contribution in [-0.2, 0) is 21.2 Å². The van der Waals surface area contributed by atoms with Crippen molar-refractivity contribution in [3.63, 3.8) is 0 Å². The molecule has 0 aliphatic carbocycles. The summed E-state index contributed by atoms with van der Waals surface area (Å²) < 4.78 is 53.6. The Morgan fingerprint density at radius 3 is 2.68 bits per heavy atom. The van der Waals surface area contributed by atoms with Crippen molar-refractivity contribution in [3.05, 3.63) is 52.1 Å². The molecule has 134 valence electrons. The molecule has 12 heteroatoms. The monoisotopic (exact) mass is 375 g/mol. The molecule has 25 heavy (non-hydrogen) atoms. The quantitative estimate of drug-likeness (QED) is 0.430. The van der Waals surface area contributed by atoms with Gasteiger partial charge in [-0.2, -0.15) is 8.78 Å². The molecule has 1 aromatic carbocycles. The first-order chi connectivity index (χ1) is 11.6. The molecular weight excluding hydrogens is 364 g/mol. The summed E-state index contributed by atoms with van der Waals surface area (Å²) in [5.74, 6) is -1.27. The van der Waals surface area contributed by atoms with Crippen LogP contribution >= 0.6 is 0 Å². The SMILES string of the molecule is CS(=O)(=O)c1ccc(C(=O)OCc2nccn2C(F)F)cc1[N+](=O)[O-]. The van der Waals surface area contributed by atoms with Crippen LogP contribution in [0.2, 0.25) is 0 Å². The van der Waals surface area contributed by atoms with Crippen LogP contribution in [0.25, 0.3) is 0 Å². The fraction of sp³-hybridized carbons (Fsp3) is 0.231.